The van der Waals surface area contributed by atoms with Crippen LogP contribution in [0.1, 0.15) is 5.56 Å². The molecule has 0 saturated heterocycles. The van der Waals surface area contributed by atoms with Crippen LogP contribution in [0.3, 0.4) is 0 Å². The summed E-state index contributed by atoms with van der Waals surface area (Å²) in [6.45, 7) is 0.297. The number of halogens is 3. The summed E-state index contributed by atoms with van der Waals surface area (Å²) in [5, 5.41) is 4.38. The van der Waals surface area contributed by atoms with Crippen molar-refractivity contribution in [2.45, 2.75) is 10.8 Å². The van der Waals surface area contributed by atoms with Gasteiger partial charge in [0.25, 0.3) is 10.0 Å². The zero-order chi connectivity index (χ0) is 17.3. The zero-order valence-corrected chi connectivity index (χ0v) is 15.9. The summed E-state index contributed by atoms with van der Waals surface area (Å²) in [7, 11) is -3.66. The molecule has 126 valence electrons. The lowest BCUT2D eigenvalue weighted by atomic mass is 10.2. The van der Waals surface area contributed by atoms with Crippen molar-refractivity contribution in [2.75, 3.05) is 4.72 Å². The van der Waals surface area contributed by atoms with E-state index in [-0.39, 0.29) is 9.23 Å². The molecule has 3 rings (SSSR count). The normalized spacial score (nSPS) is 11.6. The van der Waals surface area contributed by atoms with Crippen molar-refractivity contribution in [1.82, 2.24) is 9.78 Å². The molecule has 0 aliphatic heterocycles. The minimum Gasteiger partial charge on any atom is -0.276 e. The van der Waals surface area contributed by atoms with Crippen LogP contribution in [0.15, 0.2) is 50.7 Å². The second-order valence-corrected chi connectivity index (χ2v) is 9.61. The molecule has 0 aliphatic carbocycles. The first-order valence-corrected chi connectivity index (χ1v) is 10.0. The molecule has 0 unspecified atom stereocenters. The monoisotopic (exact) mass is 449 g/mol. The van der Waals surface area contributed by atoms with E-state index in [1.54, 1.807) is 18.3 Å². The van der Waals surface area contributed by atoms with Crippen LogP contribution in [0.5, 0.6) is 0 Å². The molecular formula is C14H10BrClFN3O2S2. The lowest BCUT2D eigenvalue weighted by molar-refractivity contribution is 0.603. The van der Waals surface area contributed by atoms with E-state index < -0.39 is 15.8 Å². The zero-order valence-electron chi connectivity index (χ0n) is 11.9. The highest BCUT2D eigenvalue weighted by Gasteiger charge is 2.17. The van der Waals surface area contributed by atoms with Crippen LogP contribution in [0.4, 0.5) is 10.1 Å². The van der Waals surface area contributed by atoms with Gasteiger partial charge in [-0.1, -0.05) is 17.7 Å². The van der Waals surface area contributed by atoms with Crippen LogP contribution in [-0.4, -0.2) is 18.2 Å². The van der Waals surface area contributed by atoms with Crippen molar-refractivity contribution in [3.8, 4) is 0 Å². The molecule has 0 spiro atoms. The van der Waals surface area contributed by atoms with Crippen molar-refractivity contribution in [2.24, 2.45) is 0 Å². The summed E-state index contributed by atoms with van der Waals surface area (Å²) in [6.07, 6.45) is 2.94. The second-order valence-electron chi connectivity index (χ2n) is 4.83. The Morgan fingerprint density at radius 3 is 2.79 bits per heavy atom. The number of thiophene rings is 1. The third-order valence-electron chi connectivity index (χ3n) is 3.05. The molecule has 0 amide bonds. The number of sulfonamides is 1. The molecule has 0 fully saturated rings. The van der Waals surface area contributed by atoms with Crippen molar-refractivity contribution < 1.29 is 12.8 Å². The molecule has 5 nitrogen and oxygen atoms in total. The number of nitrogens with one attached hydrogen (secondary N) is 1. The number of hydrogen-bond acceptors (Lipinski definition) is 4. The SMILES string of the molecule is O=S(=O)(Nc1cnn(Cc2ccc(F)cc2Cl)c1)c1ccc(Br)s1. The van der Waals surface area contributed by atoms with Gasteiger partial charge in [-0.25, -0.2) is 12.8 Å². The largest absolute Gasteiger partial charge is 0.276 e. The number of aromatic nitrogens is 2. The number of nitrogens with zero attached hydrogens (tertiary/aromatic N) is 2. The Hall–Kier alpha value is -1.42. The first kappa shape index (κ1) is 17.4. The van der Waals surface area contributed by atoms with Gasteiger partial charge in [0.2, 0.25) is 0 Å². The van der Waals surface area contributed by atoms with Gasteiger partial charge in [0.15, 0.2) is 0 Å². The van der Waals surface area contributed by atoms with Crippen LogP contribution < -0.4 is 4.72 Å². The van der Waals surface area contributed by atoms with Crippen molar-refractivity contribution in [3.63, 3.8) is 0 Å². The molecule has 10 heteroatoms. The third kappa shape index (κ3) is 3.97. The van der Waals surface area contributed by atoms with E-state index in [1.165, 1.54) is 29.1 Å². The van der Waals surface area contributed by atoms with E-state index >= 15 is 0 Å². The highest BCUT2D eigenvalue weighted by atomic mass is 79.9. The maximum Gasteiger partial charge on any atom is 0.271 e. The highest BCUT2D eigenvalue weighted by Crippen LogP contribution is 2.27. The molecule has 0 saturated carbocycles. The molecule has 0 bridgehead atoms. The minimum absolute atomic E-state index is 0.198. The molecule has 1 N–H and O–H groups in total. The molecule has 0 radical (unpaired) electrons. The Morgan fingerprint density at radius 1 is 1.33 bits per heavy atom. The molecule has 24 heavy (non-hydrogen) atoms. The van der Waals surface area contributed by atoms with E-state index in [0.29, 0.717) is 17.8 Å². The molecule has 1 aromatic carbocycles. The molecule has 2 heterocycles. The Balaban J connectivity index is 1.76. The molecule has 3 aromatic rings. The van der Waals surface area contributed by atoms with Gasteiger partial charge in [0.1, 0.15) is 10.0 Å². The first-order chi connectivity index (χ1) is 11.3. The number of hydrogen-bond donors (Lipinski definition) is 1. The number of benzene rings is 1. The van der Waals surface area contributed by atoms with Crippen LogP contribution in [-0.2, 0) is 16.6 Å². The highest BCUT2D eigenvalue weighted by molar-refractivity contribution is 9.11. The number of rotatable bonds is 5. The van der Waals surface area contributed by atoms with E-state index in [0.717, 1.165) is 15.1 Å². The van der Waals surface area contributed by atoms with Gasteiger partial charge >= 0.3 is 0 Å². The Morgan fingerprint density at radius 2 is 2.12 bits per heavy atom. The van der Waals surface area contributed by atoms with E-state index in [1.807, 2.05) is 0 Å². The fourth-order valence-electron chi connectivity index (χ4n) is 1.97. The van der Waals surface area contributed by atoms with Crippen LogP contribution >= 0.6 is 38.9 Å². The lowest BCUT2D eigenvalue weighted by Gasteiger charge is -2.05. The maximum absolute atomic E-state index is 13.1. The summed E-state index contributed by atoms with van der Waals surface area (Å²) in [4.78, 5) is 0. The Labute approximate surface area is 155 Å². The minimum atomic E-state index is -3.66. The van der Waals surface area contributed by atoms with E-state index in [2.05, 4.69) is 25.8 Å². The average molecular weight is 451 g/mol. The van der Waals surface area contributed by atoms with E-state index in [9.17, 15) is 12.8 Å². The van der Waals surface area contributed by atoms with Crippen LogP contribution in [0.25, 0.3) is 0 Å². The standard InChI is InChI=1S/C14H10BrClFN3O2S2/c15-13-3-4-14(23-13)24(21,22)19-11-6-18-20(8-11)7-9-1-2-10(17)5-12(9)16/h1-6,8,19H,7H2. The number of anilines is 1. The second kappa shape index (κ2) is 6.83. The summed E-state index contributed by atoms with van der Waals surface area (Å²) in [6, 6.07) is 7.27. The first-order valence-electron chi connectivity index (χ1n) is 6.58. The van der Waals surface area contributed by atoms with Crippen LogP contribution in [0, 0.1) is 5.82 Å². The molecular weight excluding hydrogens is 441 g/mol. The van der Waals surface area contributed by atoms with Gasteiger partial charge in [0, 0.05) is 11.2 Å². The summed E-state index contributed by atoms with van der Waals surface area (Å²) < 4.78 is 42.5. The van der Waals surface area contributed by atoms with Gasteiger partial charge in [-0.05, 0) is 45.8 Å². The maximum atomic E-state index is 13.1. The predicted molar refractivity (Wildman–Crippen MR) is 95.6 cm³/mol. The smallest absolute Gasteiger partial charge is 0.271 e. The summed E-state index contributed by atoms with van der Waals surface area (Å²) in [5.74, 6) is -0.417. The van der Waals surface area contributed by atoms with Crippen molar-refractivity contribution in [3.05, 3.63) is 62.9 Å². The third-order valence-corrected chi connectivity index (χ3v) is 6.89. The lowest BCUT2D eigenvalue weighted by Crippen LogP contribution is -2.10. The Kier molecular flexibility index (Phi) is 4.95. The van der Waals surface area contributed by atoms with Crippen molar-refractivity contribution >= 4 is 54.6 Å². The quantitative estimate of drug-likeness (QED) is 0.628. The predicted octanol–water partition coefficient (Wildman–Crippen LogP) is 4.35. The van der Waals surface area contributed by atoms with E-state index in [4.69, 9.17) is 11.6 Å². The summed E-state index contributed by atoms with van der Waals surface area (Å²) in [5.41, 5.74) is 1.01. The van der Waals surface area contributed by atoms with Gasteiger partial charge in [-0.2, -0.15) is 5.10 Å². The van der Waals surface area contributed by atoms with Gasteiger partial charge in [0.05, 0.1) is 22.2 Å². The topological polar surface area (TPSA) is 64.0 Å². The van der Waals surface area contributed by atoms with Crippen LogP contribution in [0.2, 0.25) is 5.02 Å². The summed E-state index contributed by atoms with van der Waals surface area (Å²) >= 11 is 10.3. The van der Waals surface area contributed by atoms with Gasteiger partial charge in [-0.3, -0.25) is 9.40 Å². The molecule has 2 aromatic heterocycles. The fraction of sp³-hybridized carbons (Fsp3) is 0.0714. The fourth-order valence-corrected chi connectivity index (χ4v) is 5.24. The van der Waals surface area contributed by atoms with Gasteiger partial charge < -0.3 is 0 Å². The van der Waals surface area contributed by atoms with Gasteiger partial charge in [-0.15, -0.1) is 11.3 Å². The Bertz CT molecular complexity index is 988. The molecule has 0 aliphatic rings. The van der Waals surface area contributed by atoms with Crippen molar-refractivity contribution in [1.29, 1.82) is 0 Å². The average Bonchev–Trinajstić information content (AvgIpc) is 3.11. The molecule has 0 atom stereocenters.